The number of carboxylic acid groups (broad SMARTS) is 1. The van der Waals surface area contributed by atoms with Gasteiger partial charge >= 0.3 is 5.97 Å². The summed E-state index contributed by atoms with van der Waals surface area (Å²) >= 11 is 1.42. The minimum atomic E-state index is -0.953. The van der Waals surface area contributed by atoms with Crippen molar-refractivity contribution >= 4 is 35.2 Å². The maximum Gasteiger partial charge on any atom is 0.308 e. The monoisotopic (exact) mass is 384 g/mol. The van der Waals surface area contributed by atoms with E-state index in [0.29, 0.717) is 23.4 Å². The Kier molecular flexibility index (Phi) is 5.81. The Morgan fingerprint density at radius 3 is 2.81 bits per heavy atom. The maximum absolute atomic E-state index is 12.4. The molecule has 2 amide bonds. The van der Waals surface area contributed by atoms with Crippen molar-refractivity contribution in [2.45, 2.75) is 18.2 Å². The van der Waals surface area contributed by atoms with Crippen LogP contribution in [0.3, 0.4) is 0 Å². The number of benzene rings is 2. The minimum absolute atomic E-state index is 0.0281. The average molecular weight is 384 g/mol. The Bertz CT molecular complexity index is 897. The Balaban J connectivity index is 1.65. The van der Waals surface area contributed by atoms with E-state index in [2.05, 4.69) is 10.6 Å². The first-order chi connectivity index (χ1) is 12.9. The molecular formula is C20H20N2O4S. The van der Waals surface area contributed by atoms with Crippen molar-refractivity contribution in [1.82, 2.24) is 5.32 Å². The number of hydrogen-bond donors (Lipinski definition) is 3. The summed E-state index contributed by atoms with van der Waals surface area (Å²) < 4.78 is 0. The zero-order valence-electron chi connectivity index (χ0n) is 14.8. The number of fused-ring (bicyclic) bond motifs is 1. The second-order valence-corrected chi connectivity index (χ2v) is 7.50. The van der Waals surface area contributed by atoms with Gasteiger partial charge in [-0.1, -0.05) is 29.8 Å². The van der Waals surface area contributed by atoms with Crippen molar-refractivity contribution in [3.05, 3.63) is 59.2 Å². The third-order valence-corrected chi connectivity index (χ3v) is 5.37. The minimum Gasteiger partial charge on any atom is -0.481 e. The second kappa shape index (κ2) is 8.26. The van der Waals surface area contributed by atoms with Crippen LogP contribution in [0, 0.1) is 12.8 Å². The fourth-order valence-electron chi connectivity index (χ4n) is 2.91. The first-order valence-electron chi connectivity index (χ1n) is 8.55. The normalized spacial score (nSPS) is 14.0. The van der Waals surface area contributed by atoms with Crippen LogP contribution in [0.4, 0.5) is 5.69 Å². The predicted octanol–water partition coefficient (Wildman–Crippen LogP) is 2.71. The lowest BCUT2D eigenvalue weighted by atomic mass is 9.98. The van der Waals surface area contributed by atoms with Crippen LogP contribution in [0.1, 0.15) is 21.5 Å². The SMILES string of the molecule is Cc1cccc(CC(CNC(=O)c2ccc3c(c2)NC(=O)CS3)C(=O)O)c1. The number of carbonyl (C=O) groups is 3. The maximum atomic E-state index is 12.4. The summed E-state index contributed by atoms with van der Waals surface area (Å²) in [6.07, 6.45) is 0.341. The second-order valence-electron chi connectivity index (χ2n) is 6.49. The Hall–Kier alpha value is -2.80. The van der Waals surface area contributed by atoms with Crippen LogP contribution in [0.25, 0.3) is 0 Å². The van der Waals surface area contributed by atoms with Gasteiger partial charge in [-0.25, -0.2) is 0 Å². The molecule has 0 fully saturated rings. The summed E-state index contributed by atoms with van der Waals surface area (Å²) in [7, 11) is 0. The summed E-state index contributed by atoms with van der Waals surface area (Å²) in [6, 6.07) is 12.8. The van der Waals surface area contributed by atoms with Crippen LogP contribution < -0.4 is 10.6 Å². The number of carboxylic acids is 1. The molecule has 0 bridgehead atoms. The zero-order valence-corrected chi connectivity index (χ0v) is 15.6. The van der Waals surface area contributed by atoms with Gasteiger partial charge in [0, 0.05) is 17.0 Å². The lowest BCUT2D eigenvalue weighted by Crippen LogP contribution is -2.34. The van der Waals surface area contributed by atoms with Crippen molar-refractivity contribution in [2.24, 2.45) is 5.92 Å². The molecule has 0 spiro atoms. The highest BCUT2D eigenvalue weighted by molar-refractivity contribution is 8.00. The Labute approximate surface area is 161 Å². The molecule has 7 heteroatoms. The number of aliphatic carboxylic acids is 1. The first-order valence-corrected chi connectivity index (χ1v) is 9.54. The standard InChI is InChI=1S/C20H20N2O4S/c1-12-3-2-4-13(7-12)8-15(20(25)26)10-21-19(24)14-5-6-17-16(9-14)22-18(23)11-27-17/h2-7,9,15H,8,10-11H2,1H3,(H,21,24)(H,22,23)(H,25,26). The van der Waals surface area contributed by atoms with Crippen LogP contribution in [-0.2, 0) is 16.0 Å². The van der Waals surface area contributed by atoms with Gasteiger partial charge in [0.2, 0.25) is 5.91 Å². The van der Waals surface area contributed by atoms with E-state index in [4.69, 9.17) is 0 Å². The van der Waals surface area contributed by atoms with E-state index in [9.17, 15) is 19.5 Å². The van der Waals surface area contributed by atoms with E-state index in [1.165, 1.54) is 11.8 Å². The number of hydrogen-bond acceptors (Lipinski definition) is 4. The predicted molar refractivity (Wildman–Crippen MR) is 104 cm³/mol. The number of anilines is 1. The molecule has 2 aromatic carbocycles. The van der Waals surface area contributed by atoms with Crippen molar-refractivity contribution in [1.29, 1.82) is 0 Å². The number of rotatable bonds is 6. The highest BCUT2D eigenvalue weighted by Crippen LogP contribution is 2.31. The van der Waals surface area contributed by atoms with Crippen molar-refractivity contribution in [3.8, 4) is 0 Å². The summed E-state index contributed by atoms with van der Waals surface area (Å²) in [5, 5.41) is 14.9. The molecule has 0 aliphatic carbocycles. The summed E-state index contributed by atoms with van der Waals surface area (Å²) in [4.78, 5) is 36.4. The molecule has 1 atom stereocenters. The quantitative estimate of drug-likeness (QED) is 0.712. The molecule has 3 N–H and O–H groups in total. The zero-order chi connectivity index (χ0) is 19.4. The Morgan fingerprint density at radius 1 is 1.26 bits per heavy atom. The fraction of sp³-hybridized carbons (Fsp3) is 0.250. The van der Waals surface area contributed by atoms with Gasteiger partial charge in [-0.2, -0.15) is 0 Å². The van der Waals surface area contributed by atoms with Crippen LogP contribution in [0.5, 0.6) is 0 Å². The third kappa shape index (κ3) is 4.89. The lowest BCUT2D eigenvalue weighted by Gasteiger charge is -2.17. The van der Waals surface area contributed by atoms with Gasteiger partial charge in [-0.3, -0.25) is 14.4 Å². The molecule has 0 aromatic heterocycles. The number of amides is 2. The van der Waals surface area contributed by atoms with Gasteiger partial charge in [-0.05, 0) is 37.1 Å². The molecule has 1 unspecified atom stereocenters. The number of carbonyl (C=O) groups excluding carboxylic acids is 2. The van der Waals surface area contributed by atoms with E-state index in [1.807, 2.05) is 31.2 Å². The van der Waals surface area contributed by atoms with Gasteiger partial charge in [0.05, 0.1) is 17.4 Å². The number of thioether (sulfide) groups is 1. The van der Waals surface area contributed by atoms with Crippen LogP contribution in [-0.4, -0.2) is 35.2 Å². The molecule has 1 aliphatic rings. The average Bonchev–Trinajstić information content (AvgIpc) is 2.64. The molecule has 1 aliphatic heterocycles. The topological polar surface area (TPSA) is 95.5 Å². The van der Waals surface area contributed by atoms with E-state index in [1.54, 1.807) is 18.2 Å². The van der Waals surface area contributed by atoms with Gasteiger partial charge < -0.3 is 15.7 Å². The molecule has 6 nitrogen and oxygen atoms in total. The largest absolute Gasteiger partial charge is 0.481 e. The molecule has 2 aromatic rings. The third-order valence-electron chi connectivity index (χ3n) is 4.30. The Morgan fingerprint density at radius 2 is 2.07 bits per heavy atom. The highest BCUT2D eigenvalue weighted by Gasteiger charge is 2.21. The summed E-state index contributed by atoms with van der Waals surface area (Å²) in [5.41, 5.74) is 2.98. The molecule has 0 radical (unpaired) electrons. The van der Waals surface area contributed by atoms with Gasteiger partial charge in [0.25, 0.3) is 5.91 Å². The smallest absolute Gasteiger partial charge is 0.308 e. The van der Waals surface area contributed by atoms with E-state index < -0.39 is 11.9 Å². The fourth-order valence-corrected chi connectivity index (χ4v) is 3.70. The van der Waals surface area contributed by atoms with Gasteiger partial charge in [0.1, 0.15) is 0 Å². The first kappa shape index (κ1) is 19.0. The van der Waals surface area contributed by atoms with E-state index in [0.717, 1.165) is 16.0 Å². The van der Waals surface area contributed by atoms with Crippen molar-refractivity contribution in [3.63, 3.8) is 0 Å². The van der Waals surface area contributed by atoms with E-state index in [-0.39, 0.29) is 18.4 Å². The van der Waals surface area contributed by atoms with Gasteiger partial charge in [0.15, 0.2) is 0 Å². The van der Waals surface area contributed by atoms with Gasteiger partial charge in [-0.15, -0.1) is 11.8 Å². The molecule has 0 saturated heterocycles. The molecular weight excluding hydrogens is 364 g/mol. The molecule has 3 rings (SSSR count). The number of aryl methyl sites for hydroxylation is 1. The van der Waals surface area contributed by atoms with E-state index >= 15 is 0 Å². The highest BCUT2D eigenvalue weighted by atomic mass is 32.2. The summed E-state index contributed by atoms with van der Waals surface area (Å²) in [5.74, 6) is -1.78. The molecule has 27 heavy (non-hydrogen) atoms. The molecule has 140 valence electrons. The van der Waals surface area contributed by atoms with Crippen LogP contribution in [0.15, 0.2) is 47.4 Å². The summed E-state index contributed by atoms with van der Waals surface area (Å²) in [6.45, 7) is 1.98. The molecule has 1 heterocycles. The lowest BCUT2D eigenvalue weighted by molar-refractivity contribution is -0.141. The van der Waals surface area contributed by atoms with Crippen molar-refractivity contribution in [2.75, 3.05) is 17.6 Å². The molecule has 0 saturated carbocycles. The van der Waals surface area contributed by atoms with Crippen LogP contribution >= 0.6 is 11.8 Å². The van der Waals surface area contributed by atoms with Crippen LogP contribution in [0.2, 0.25) is 0 Å². The van der Waals surface area contributed by atoms with Crippen molar-refractivity contribution < 1.29 is 19.5 Å². The number of nitrogens with one attached hydrogen (secondary N) is 2.